The van der Waals surface area contributed by atoms with E-state index in [0.717, 1.165) is 35.2 Å². The van der Waals surface area contributed by atoms with Crippen molar-refractivity contribution in [2.45, 2.75) is 6.54 Å². The Labute approximate surface area is 111 Å². The summed E-state index contributed by atoms with van der Waals surface area (Å²) in [5.41, 5.74) is 3.03. The van der Waals surface area contributed by atoms with Crippen molar-refractivity contribution in [2.24, 2.45) is 0 Å². The third-order valence-corrected chi connectivity index (χ3v) is 3.13. The van der Waals surface area contributed by atoms with E-state index in [2.05, 4.69) is 41.2 Å². The molecule has 19 heavy (non-hydrogen) atoms. The van der Waals surface area contributed by atoms with Crippen molar-refractivity contribution in [3.63, 3.8) is 0 Å². The van der Waals surface area contributed by atoms with E-state index >= 15 is 0 Å². The smallest absolute Gasteiger partial charge is 0.181 e. The molecule has 0 spiro atoms. The second-order valence-electron chi connectivity index (χ2n) is 4.82. The van der Waals surface area contributed by atoms with Crippen LogP contribution >= 0.6 is 0 Å². The first-order valence-corrected chi connectivity index (χ1v) is 6.23. The van der Waals surface area contributed by atoms with Gasteiger partial charge >= 0.3 is 0 Å². The Morgan fingerprint density at radius 1 is 1.32 bits per heavy atom. The Hall–Kier alpha value is -2.14. The van der Waals surface area contributed by atoms with Gasteiger partial charge in [-0.05, 0) is 20.2 Å². The molecule has 0 aliphatic rings. The second kappa shape index (κ2) is 4.85. The first-order chi connectivity index (χ1) is 9.24. The van der Waals surface area contributed by atoms with E-state index in [1.54, 1.807) is 6.26 Å². The Kier molecular flexibility index (Phi) is 3.05. The van der Waals surface area contributed by atoms with Gasteiger partial charge in [-0.15, -0.1) is 0 Å². The molecule has 0 saturated heterocycles. The summed E-state index contributed by atoms with van der Waals surface area (Å²) in [5, 5.41) is 5.58. The minimum Gasteiger partial charge on any atom is -0.451 e. The van der Waals surface area contributed by atoms with E-state index in [9.17, 15) is 0 Å². The molecule has 0 aliphatic carbocycles. The standard InChI is InChI=1S/C14H16N4O/c1-17(2)5-6-18-14-7-11(13-9-19-10-15-13)3-4-12(14)8-16-18/h3-4,7-10H,5-6H2,1-2H3. The number of fused-ring (bicyclic) bond motifs is 1. The number of oxazole rings is 1. The van der Waals surface area contributed by atoms with Crippen molar-refractivity contribution < 1.29 is 4.42 Å². The van der Waals surface area contributed by atoms with Crippen LogP contribution in [-0.2, 0) is 6.54 Å². The summed E-state index contributed by atoms with van der Waals surface area (Å²) in [4.78, 5) is 6.32. The van der Waals surface area contributed by atoms with Crippen LogP contribution in [0.2, 0.25) is 0 Å². The van der Waals surface area contributed by atoms with Gasteiger partial charge in [-0.25, -0.2) is 4.98 Å². The van der Waals surface area contributed by atoms with Gasteiger partial charge in [-0.1, -0.05) is 12.1 Å². The van der Waals surface area contributed by atoms with Gasteiger partial charge < -0.3 is 9.32 Å². The SMILES string of the molecule is CN(C)CCn1ncc2ccc(-c3cocn3)cc21. The van der Waals surface area contributed by atoms with Crippen molar-refractivity contribution >= 4 is 10.9 Å². The maximum Gasteiger partial charge on any atom is 0.181 e. The summed E-state index contributed by atoms with van der Waals surface area (Å²) in [5.74, 6) is 0. The minimum atomic E-state index is 0.849. The average Bonchev–Trinajstić information content (AvgIpc) is 3.05. The van der Waals surface area contributed by atoms with Crippen molar-refractivity contribution in [1.82, 2.24) is 19.7 Å². The van der Waals surface area contributed by atoms with Crippen LogP contribution in [0.5, 0.6) is 0 Å². The van der Waals surface area contributed by atoms with Crippen molar-refractivity contribution in [2.75, 3.05) is 20.6 Å². The maximum absolute atomic E-state index is 5.03. The lowest BCUT2D eigenvalue weighted by Crippen LogP contribution is -2.18. The zero-order valence-corrected chi connectivity index (χ0v) is 11.1. The number of hydrogen-bond donors (Lipinski definition) is 0. The van der Waals surface area contributed by atoms with Gasteiger partial charge in [-0.3, -0.25) is 4.68 Å². The summed E-state index contributed by atoms with van der Waals surface area (Å²) < 4.78 is 7.06. The lowest BCUT2D eigenvalue weighted by atomic mass is 10.1. The van der Waals surface area contributed by atoms with Crippen LogP contribution in [0, 0.1) is 0 Å². The summed E-state index contributed by atoms with van der Waals surface area (Å²) in [6.07, 6.45) is 5.00. The molecule has 0 radical (unpaired) electrons. The number of likely N-dealkylation sites (N-methyl/N-ethyl adjacent to an activating group) is 1. The molecule has 3 aromatic rings. The molecule has 0 saturated carbocycles. The first kappa shape index (κ1) is 11.9. The van der Waals surface area contributed by atoms with Gasteiger partial charge in [0.1, 0.15) is 12.0 Å². The van der Waals surface area contributed by atoms with Gasteiger partial charge in [0.05, 0.1) is 18.3 Å². The largest absolute Gasteiger partial charge is 0.451 e. The molecule has 0 amide bonds. The number of benzene rings is 1. The summed E-state index contributed by atoms with van der Waals surface area (Å²) in [6, 6.07) is 6.21. The number of nitrogens with zero attached hydrogens (tertiary/aromatic N) is 4. The quantitative estimate of drug-likeness (QED) is 0.718. The lowest BCUT2D eigenvalue weighted by molar-refractivity contribution is 0.377. The summed E-state index contributed by atoms with van der Waals surface area (Å²) >= 11 is 0. The average molecular weight is 256 g/mol. The van der Waals surface area contributed by atoms with E-state index in [-0.39, 0.29) is 0 Å². The predicted molar refractivity (Wildman–Crippen MR) is 73.8 cm³/mol. The van der Waals surface area contributed by atoms with E-state index in [4.69, 9.17) is 4.42 Å². The minimum absolute atomic E-state index is 0.849. The molecule has 0 atom stereocenters. The molecule has 0 aliphatic heterocycles. The normalized spacial score (nSPS) is 11.5. The van der Waals surface area contributed by atoms with Crippen LogP contribution in [0.25, 0.3) is 22.2 Å². The predicted octanol–water partition coefficient (Wildman–Crippen LogP) is 2.25. The molecule has 0 unspecified atom stereocenters. The van der Waals surface area contributed by atoms with E-state index in [0.29, 0.717) is 0 Å². The fraction of sp³-hybridized carbons (Fsp3) is 0.286. The summed E-state index contributed by atoms with van der Waals surface area (Å²) in [6.45, 7) is 1.84. The molecule has 0 fully saturated rings. The highest BCUT2D eigenvalue weighted by Gasteiger charge is 2.07. The highest BCUT2D eigenvalue weighted by Crippen LogP contribution is 2.23. The Morgan fingerprint density at radius 3 is 2.95 bits per heavy atom. The summed E-state index contributed by atoms with van der Waals surface area (Å²) in [7, 11) is 4.12. The Morgan fingerprint density at radius 2 is 2.21 bits per heavy atom. The first-order valence-electron chi connectivity index (χ1n) is 6.23. The van der Waals surface area contributed by atoms with Crippen LogP contribution < -0.4 is 0 Å². The zero-order chi connectivity index (χ0) is 13.2. The van der Waals surface area contributed by atoms with Crippen LogP contribution in [0.15, 0.2) is 41.5 Å². The molecule has 5 heteroatoms. The molecule has 2 heterocycles. The van der Waals surface area contributed by atoms with Gasteiger partial charge in [-0.2, -0.15) is 5.10 Å². The number of aromatic nitrogens is 3. The number of hydrogen-bond acceptors (Lipinski definition) is 4. The van der Waals surface area contributed by atoms with Gasteiger partial charge in [0, 0.05) is 17.5 Å². The molecule has 3 rings (SSSR count). The van der Waals surface area contributed by atoms with Gasteiger partial charge in [0.25, 0.3) is 0 Å². The molecule has 98 valence electrons. The highest BCUT2D eigenvalue weighted by molar-refractivity contribution is 5.83. The maximum atomic E-state index is 5.03. The van der Waals surface area contributed by atoms with Gasteiger partial charge in [0.15, 0.2) is 6.39 Å². The van der Waals surface area contributed by atoms with E-state index in [1.807, 2.05) is 16.9 Å². The van der Waals surface area contributed by atoms with Crippen LogP contribution in [0.1, 0.15) is 0 Å². The molecule has 0 N–H and O–H groups in total. The van der Waals surface area contributed by atoms with Crippen molar-refractivity contribution in [3.8, 4) is 11.3 Å². The fourth-order valence-corrected chi connectivity index (χ4v) is 2.06. The van der Waals surface area contributed by atoms with E-state index < -0.39 is 0 Å². The van der Waals surface area contributed by atoms with Crippen molar-refractivity contribution in [1.29, 1.82) is 0 Å². The molecule has 5 nitrogen and oxygen atoms in total. The third kappa shape index (κ3) is 2.37. The van der Waals surface area contributed by atoms with Crippen LogP contribution in [0.3, 0.4) is 0 Å². The molecule has 1 aromatic carbocycles. The second-order valence-corrected chi connectivity index (χ2v) is 4.82. The topological polar surface area (TPSA) is 47.1 Å². The van der Waals surface area contributed by atoms with Crippen LogP contribution in [0.4, 0.5) is 0 Å². The number of rotatable bonds is 4. The Balaban J connectivity index is 1.98. The van der Waals surface area contributed by atoms with Crippen LogP contribution in [-0.4, -0.2) is 40.3 Å². The Bertz CT molecular complexity index is 670. The fourth-order valence-electron chi connectivity index (χ4n) is 2.06. The highest BCUT2D eigenvalue weighted by atomic mass is 16.3. The lowest BCUT2D eigenvalue weighted by Gasteiger charge is -2.10. The molecular formula is C14H16N4O. The monoisotopic (exact) mass is 256 g/mol. The third-order valence-electron chi connectivity index (χ3n) is 3.13. The van der Waals surface area contributed by atoms with Gasteiger partial charge in [0.2, 0.25) is 0 Å². The molecule has 0 bridgehead atoms. The molecule has 2 aromatic heterocycles. The van der Waals surface area contributed by atoms with E-state index in [1.165, 1.54) is 6.39 Å². The molecular weight excluding hydrogens is 240 g/mol. The zero-order valence-electron chi connectivity index (χ0n) is 11.1. The van der Waals surface area contributed by atoms with Crippen molar-refractivity contribution in [3.05, 3.63) is 37.1 Å².